The van der Waals surface area contributed by atoms with Crippen LogP contribution in [0.3, 0.4) is 0 Å². The Bertz CT molecular complexity index is 565. The summed E-state index contributed by atoms with van der Waals surface area (Å²) in [5, 5.41) is 0. The van der Waals surface area contributed by atoms with E-state index in [1.807, 2.05) is 0 Å². The van der Waals surface area contributed by atoms with Gasteiger partial charge in [0, 0.05) is 16.4 Å². The van der Waals surface area contributed by atoms with E-state index in [2.05, 4.69) is 6.92 Å². The van der Waals surface area contributed by atoms with Crippen LogP contribution in [0.25, 0.3) is 0 Å². The smallest absolute Gasteiger partial charge is 0.199 e. The Labute approximate surface area is 170 Å². The number of rotatable bonds is 11. The second-order valence-electron chi connectivity index (χ2n) is 8.07. The fourth-order valence-electron chi connectivity index (χ4n) is 4.19. The minimum Gasteiger partial charge on any atom is -0.199 e. The summed E-state index contributed by atoms with van der Waals surface area (Å²) in [4.78, 5) is 0.123. The van der Waals surface area contributed by atoms with Gasteiger partial charge < -0.3 is 0 Å². The predicted molar refractivity (Wildman–Crippen MR) is 106 cm³/mol. The number of unbranched alkanes of at least 4 members (excludes halogenated alkanes) is 5. The van der Waals surface area contributed by atoms with E-state index >= 15 is 0 Å². The molecule has 0 unspecified atom stereocenters. The molecule has 1 aromatic carbocycles. The quantitative estimate of drug-likeness (QED) is 0.253. The van der Waals surface area contributed by atoms with Gasteiger partial charge >= 0.3 is 11.8 Å². The summed E-state index contributed by atoms with van der Waals surface area (Å²) in [5.41, 5.74) is -0.746. The summed E-state index contributed by atoms with van der Waals surface area (Å²) in [5.74, 6) is -9.27. The molecule has 0 nitrogen and oxygen atoms in total. The average Bonchev–Trinajstić information content (AvgIpc) is 2.71. The van der Waals surface area contributed by atoms with Gasteiger partial charge in [-0.25, -0.2) is 0 Å². The summed E-state index contributed by atoms with van der Waals surface area (Å²) in [6.07, 6.45) is 9.69. The number of benzene rings is 1. The van der Waals surface area contributed by atoms with Crippen molar-refractivity contribution in [1.82, 2.24) is 0 Å². The molecular weight excluding hydrogens is 391 g/mol. The van der Waals surface area contributed by atoms with Gasteiger partial charge in [-0.05, 0) is 43.7 Å². The maximum Gasteiger partial charge on any atom is 0.335 e. The Hall–Kier alpha value is -0.780. The van der Waals surface area contributed by atoms with Crippen molar-refractivity contribution in [3.05, 3.63) is 29.8 Å². The highest BCUT2D eigenvalue weighted by Crippen LogP contribution is 2.52. The molecule has 0 heterocycles. The molecule has 0 aliphatic heterocycles. The summed E-state index contributed by atoms with van der Waals surface area (Å²) in [6.45, 7) is 2.18. The molecule has 0 spiro atoms. The van der Waals surface area contributed by atoms with Crippen molar-refractivity contribution in [3.8, 4) is 0 Å². The molecule has 0 radical (unpaired) electrons. The lowest BCUT2D eigenvalue weighted by Crippen LogP contribution is -2.45. The SMILES string of the molecule is CCCCCCCCC1CCC(C(F)(F)C(F)(F)c2ccc(SF)cc2)CC1. The van der Waals surface area contributed by atoms with Crippen molar-refractivity contribution in [2.75, 3.05) is 0 Å². The zero-order valence-corrected chi connectivity index (χ0v) is 17.4. The van der Waals surface area contributed by atoms with Crippen molar-refractivity contribution in [3.63, 3.8) is 0 Å². The Morgan fingerprint density at radius 3 is 2.00 bits per heavy atom. The lowest BCUT2D eigenvalue weighted by Gasteiger charge is -2.37. The van der Waals surface area contributed by atoms with Crippen LogP contribution in [-0.2, 0) is 5.92 Å². The fraction of sp³-hybridized carbons (Fsp3) is 0.727. The summed E-state index contributed by atoms with van der Waals surface area (Å²) < 4.78 is 70.9. The second kappa shape index (κ2) is 10.8. The molecule has 160 valence electrons. The third kappa shape index (κ3) is 5.87. The Balaban J connectivity index is 1.85. The second-order valence-corrected chi connectivity index (χ2v) is 8.70. The van der Waals surface area contributed by atoms with Crippen molar-refractivity contribution in [2.24, 2.45) is 11.8 Å². The van der Waals surface area contributed by atoms with Crippen LogP contribution in [0.15, 0.2) is 29.2 Å². The largest absolute Gasteiger partial charge is 0.335 e. The normalized spacial score (nSPS) is 21.1. The standard InChI is InChI=1S/C22H31F5S/c1-2-3-4-5-6-7-8-17-9-11-18(12-10-17)21(23,24)22(25,26)19-13-15-20(28-27)16-14-19/h13-18H,2-12H2,1H3. The topological polar surface area (TPSA) is 0 Å². The van der Waals surface area contributed by atoms with Gasteiger partial charge in [-0.2, -0.15) is 21.4 Å². The predicted octanol–water partition coefficient (Wildman–Crippen LogP) is 8.95. The van der Waals surface area contributed by atoms with E-state index < -0.39 is 23.3 Å². The zero-order chi connectivity index (χ0) is 20.6. The molecule has 1 saturated carbocycles. The van der Waals surface area contributed by atoms with Gasteiger partial charge in [-0.15, -0.1) is 0 Å². The fourth-order valence-corrected chi connectivity index (χ4v) is 4.43. The lowest BCUT2D eigenvalue weighted by molar-refractivity contribution is -0.249. The molecule has 0 amide bonds. The van der Waals surface area contributed by atoms with Crippen molar-refractivity contribution < 1.29 is 21.4 Å². The van der Waals surface area contributed by atoms with Crippen LogP contribution in [-0.4, -0.2) is 5.92 Å². The Morgan fingerprint density at radius 1 is 0.857 bits per heavy atom. The lowest BCUT2D eigenvalue weighted by atomic mass is 9.75. The first kappa shape index (κ1) is 23.5. The maximum absolute atomic E-state index is 14.7. The van der Waals surface area contributed by atoms with Gasteiger partial charge in [-0.1, -0.05) is 64.0 Å². The van der Waals surface area contributed by atoms with Gasteiger partial charge in [0.1, 0.15) is 0 Å². The van der Waals surface area contributed by atoms with Gasteiger partial charge in [-0.3, -0.25) is 0 Å². The number of hydrogen-bond acceptors (Lipinski definition) is 1. The van der Waals surface area contributed by atoms with Crippen LogP contribution in [0.2, 0.25) is 0 Å². The first-order valence-electron chi connectivity index (χ1n) is 10.5. The van der Waals surface area contributed by atoms with E-state index in [1.54, 1.807) is 0 Å². The Morgan fingerprint density at radius 2 is 1.43 bits per heavy atom. The van der Waals surface area contributed by atoms with E-state index in [0.29, 0.717) is 18.8 Å². The number of hydrogen-bond donors (Lipinski definition) is 0. The molecule has 0 N–H and O–H groups in total. The van der Waals surface area contributed by atoms with Crippen LogP contribution in [0.4, 0.5) is 21.4 Å². The van der Waals surface area contributed by atoms with E-state index in [-0.39, 0.29) is 29.9 Å². The van der Waals surface area contributed by atoms with Gasteiger partial charge in [0.15, 0.2) is 0 Å². The molecule has 1 aliphatic rings. The maximum atomic E-state index is 14.7. The monoisotopic (exact) mass is 422 g/mol. The first-order chi connectivity index (χ1) is 13.3. The molecule has 1 fully saturated rings. The van der Waals surface area contributed by atoms with Crippen LogP contribution < -0.4 is 0 Å². The number of alkyl halides is 4. The molecule has 0 atom stereocenters. The minimum atomic E-state index is -4.25. The highest BCUT2D eigenvalue weighted by molar-refractivity contribution is 7.94. The van der Waals surface area contributed by atoms with Crippen LogP contribution >= 0.6 is 12.1 Å². The molecule has 0 saturated heterocycles. The van der Waals surface area contributed by atoms with Crippen LogP contribution in [0.5, 0.6) is 0 Å². The number of halogens is 5. The van der Waals surface area contributed by atoms with Gasteiger partial charge in [0.25, 0.3) is 0 Å². The van der Waals surface area contributed by atoms with Crippen molar-refractivity contribution in [2.45, 2.75) is 94.3 Å². The molecule has 0 bridgehead atoms. The van der Waals surface area contributed by atoms with E-state index in [4.69, 9.17) is 0 Å². The summed E-state index contributed by atoms with van der Waals surface area (Å²) >= 11 is -0.0968. The highest BCUT2D eigenvalue weighted by Gasteiger charge is 2.61. The first-order valence-corrected chi connectivity index (χ1v) is 11.2. The third-order valence-corrected chi connectivity index (χ3v) is 6.50. The molecule has 28 heavy (non-hydrogen) atoms. The van der Waals surface area contributed by atoms with Gasteiger partial charge in [0.05, 0.1) is 12.1 Å². The molecule has 6 heteroatoms. The van der Waals surface area contributed by atoms with E-state index in [0.717, 1.165) is 37.1 Å². The highest BCUT2D eigenvalue weighted by atomic mass is 32.2. The summed E-state index contributed by atoms with van der Waals surface area (Å²) in [7, 11) is 0. The molecule has 2 rings (SSSR count). The molecule has 0 aromatic heterocycles. The third-order valence-electron chi connectivity index (χ3n) is 6.05. The van der Waals surface area contributed by atoms with Gasteiger partial charge in [0.2, 0.25) is 0 Å². The zero-order valence-electron chi connectivity index (χ0n) is 16.5. The molecule has 1 aliphatic carbocycles. The van der Waals surface area contributed by atoms with Crippen LogP contribution in [0.1, 0.15) is 83.1 Å². The molecular formula is C22H31F5S. The minimum absolute atomic E-state index is 0.0968. The van der Waals surface area contributed by atoms with E-state index in [1.165, 1.54) is 32.1 Å². The van der Waals surface area contributed by atoms with E-state index in [9.17, 15) is 21.4 Å². The van der Waals surface area contributed by atoms with Crippen LogP contribution in [0, 0.1) is 11.8 Å². The molecule has 1 aromatic rings. The summed E-state index contributed by atoms with van der Waals surface area (Å²) in [6, 6.07) is 4.03. The van der Waals surface area contributed by atoms with Crippen molar-refractivity contribution >= 4 is 12.1 Å². The van der Waals surface area contributed by atoms with Crippen molar-refractivity contribution in [1.29, 1.82) is 0 Å². The average molecular weight is 423 g/mol. The Kier molecular flexibility index (Phi) is 9.10.